The summed E-state index contributed by atoms with van der Waals surface area (Å²) in [6.45, 7) is 0.646. The molecule has 1 heterocycles. The van der Waals surface area contributed by atoms with E-state index in [1.54, 1.807) is 30.6 Å². The van der Waals surface area contributed by atoms with Gasteiger partial charge >= 0.3 is 0 Å². The van der Waals surface area contributed by atoms with Gasteiger partial charge in [-0.15, -0.1) is 0 Å². The smallest absolute Gasteiger partial charge is 0.134 e. The zero-order valence-corrected chi connectivity index (χ0v) is 11.2. The Morgan fingerprint density at radius 1 is 1.29 bits per heavy atom. The van der Waals surface area contributed by atoms with Crippen molar-refractivity contribution in [2.75, 3.05) is 5.32 Å². The molecule has 1 aromatic heterocycles. The maximum atomic E-state index is 9.29. The third-order valence-electron chi connectivity index (χ3n) is 2.21. The summed E-state index contributed by atoms with van der Waals surface area (Å²) in [5.41, 5.74) is 1.91. The average Bonchev–Trinajstić information content (AvgIpc) is 2.31. The van der Waals surface area contributed by atoms with E-state index in [4.69, 9.17) is 11.6 Å². The molecule has 0 aliphatic heterocycles. The highest BCUT2D eigenvalue weighted by Crippen LogP contribution is 2.26. The van der Waals surface area contributed by atoms with Crippen LogP contribution in [0.4, 0.5) is 5.69 Å². The third kappa shape index (κ3) is 3.35. The van der Waals surface area contributed by atoms with Crippen molar-refractivity contribution in [1.82, 2.24) is 4.98 Å². The fourth-order valence-corrected chi connectivity index (χ4v) is 1.97. The zero-order chi connectivity index (χ0) is 12.3. The molecule has 2 rings (SSSR count). The summed E-state index contributed by atoms with van der Waals surface area (Å²) < 4.78 is 0.945. The lowest BCUT2D eigenvalue weighted by molar-refractivity contribution is 0.475. The van der Waals surface area contributed by atoms with Crippen molar-refractivity contribution < 1.29 is 5.11 Å². The van der Waals surface area contributed by atoms with Crippen LogP contribution in [0.3, 0.4) is 0 Å². The third-order valence-corrected chi connectivity index (χ3v) is 2.94. The number of halogens is 2. The lowest BCUT2D eigenvalue weighted by atomic mass is 10.2. The fourth-order valence-electron chi connectivity index (χ4n) is 1.37. The highest BCUT2D eigenvalue weighted by atomic mass is 79.9. The first-order chi connectivity index (χ1) is 8.15. The van der Waals surface area contributed by atoms with Gasteiger partial charge in [0.25, 0.3) is 0 Å². The highest BCUT2D eigenvalue weighted by Gasteiger charge is 2.00. The lowest BCUT2D eigenvalue weighted by Gasteiger charge is -2.07. The van der Waals surface area contributed by atoms with Crippen molar-refractivity contribution >= 4 is 33.2 Å². The van der Waals surface area contributed by atoms with Crippen molar-refractivity contribution in [2.45, 2.75) is 6.54 Å². The van der Waals surface area contributed by atoms with Crippen LogP contribution < -0.4 is 5.32 Å². The SMILES string of the molecule is Oc1ccc(NCc2cncc(Br)c2)cc1Cl. The van der Waals surface area contributed by atoms with Gasteiger partial charge in [0.05, 0.1) is 5.02 Å². The predicted molar refractivity (Wildman–Crippen MR) is 72.4 cm³/mol. The number of phenolic OH excluding ortho intramolecular Hbond substituents is 1. The Morgan fingerprint density at radius 2 is 2.12 bits per heavy atom. The molecule has 0 bridgehead atoms. The molecular weight excluding hydrogens is 304 g/mol. The molecule has 3 nitrogen and oxygen atoms in total. The number of hydrogen-bond acceptors (Lipinski definition) is 3. The minimum Gasteiger partial charge on any atom is -0.506 e. The lowest BCUT2D eigenvalue weighted by Crippen LogP contribution is -1.99. The quantitative estimate of drug-likeness (QED) is 0.847. The van der Waals surface area contributed by atoms with E-state index in [-0.39, 0.29) is 5.75 Å². The zero-order valence-electron chi connectivity index (χ0n) is 8.82. The van der Waals surface area contributed by atoms with Gasteiger partial charge in [0.2, 0.25) is 0 Å². The van der Waals surface area contributed by atoms with E-state index < -0.39 is 0 Å². The molecule has 0 radical (unpaired) electrons. The molecule has 0 fully saturated rings. The molecule has 0 aliphatic rings. The molecule has 2 aromatic rings. The number of phenols is 1. The van der Waals surface area contributed by atoms with Crippen molar-refractivity contribution in [3.63, 3.8) is 0 Å². The highest BCUT2D eigenvalue weighted by molar-refractivity contribution is 9.10. The number of benzene rings is 1. The van der Waals surface area contributed by atoms with E-state index in [9.17, 15) is 5.11 Å². The van der Waals surface area contributed by atoms with Crippen LogP contribution in [0.2, 0.25) is 5.02 Å². The summed E-state index contributed by atoms with van der Waals surface area (Å²) >= 11 is 9.18. The number of aromatic nitrogens is 1. The van der Waals surface area contributed by atoms with Crippen molar-refractivity contribution in [3.05, 3.63) is 51.7 Å². The number of pyridine rings is 1. The van der Waals surface area contributed by atoms with E-state index in [1.807, 2.05) is 6.07 Å². The van der Waals surface area contributed by atoms with Crippen molar-refractivity contribution in [3.8, 4) is 5.75 Å². The summed E-state index contributed by atoms with van der Waals surface area (Å²) in [5, 5.41) is 12.8. The Balaban J connectivity index is 2.05. The van der Waals surface area contributed by atoms with Crippen LogP contribution in [0.25, 0.3) is 0 Å². The van der Waals surface area contributed by atoms with Gasteiger partial charge in [-0.1, -0.05) is 11.6 Å². The van der Waals surface area contributed by atoms with Crippen LogP contribution in [-0.4, -0.2) is 10.1 Å². The molecule has 0 unspecified atom stereocenters. The topological polar surface area (TPSA) is 45.1 Å². The first kappa shape index (κ1) is 12.2. The largest absolute Gasteiger partial charge is 0.506 e. The molecule has 88 valence electrons. The number of rotatable bonds is 3. The van der Waals surface area contributed by atoms with Crippen LogP contribution in [0.1, 0.15) is 5.56 Å². The molecule has 17 heavy (non-hydrogen) atoms. The summed E-state index contributed by atoms with van der Waals surface area (Å²) in [4.78, 5) is 4.08. The maximum absolute atomic E-state index is 9.29. The molecule has 0 saturated carbocycles. The molecule has 0 saturated heterocycles. The monoisotopic (exact) mass is 312 g/mol. The molecule has 0 amide bonds. The van der Waals surface area contributed by atoms with E-state index in [2.05, 4.69) is 26.2 Å². The molecular formula is C12H10BrClN2O. The van der Waals surface area contributed by atoms with Crippen molar-refractivity contribution in [1.29, 1.82) is 0 Å². The molecule has 0 spiro atoms. The van der Waals surface area contributed by atoms with E-state index >= 15 is 0 Å². The van der Waals surface area contributed by atoms with Crippen LogP contribution in [-0.2, 0) is 6.54 Å². The van der Waals surface area contributed by atoms with Gasteiger partial charge in [-0.25, -0.2) is 0 Å². The molecule has 5 heteroatoms. The Hall–Kier alpha value is -1.26. The molecule has 2 N–H and O–H groups in total. The van der Waals surface area contributed by atoms with Gasteiger partial charge in [0.15, 0.2) is 0 Å². The van der Waals surface area contributed by atoms with E-state index in [0.717, 1.165) is 15.7 Å². The van der Waals surface area contributed by atoms with Gasteiger partial charge in [0.1, 0.15) is 5.75 Å². The Kier molecular flexibility index (Phi) is 3.86. The second kappa shape index (κ2) is 5.38. The number of aromatic hydroxyl groups is 1. The molecule has 0 atom stereocenters. The molecule has 0 aliphatic carbocycles. The van der Waals surface area contributed by atoms with Gasteiger partial charge in [0, 0.05) is 29.1 Å². The number of anilines is 1. The first-order valence-corrected chi connectivity index (χ1v) is 6.14. The van der Waals surface area contributed by atoms with E-state index in [1.165, 1.54) is 0 Å². The summed E-state index contributed by atoms with van der Waals surface area (Å²) in [5.74, 6) is 0.0846. The van der Waals surface area contributed by atoms with Gasteiger partial charge in [-0.3, -0.25) is 4.98 Å². The first-order valence-electron chi connectivity index (χ1n) is 4.97. The second-order valence-corrected chi connectivity index (χ2v) is 4.85. The maximum Gasteiger partial charge on any atom is 0.134 e. The average molecular weight is 314 g/mol. The minimum absolute atomic E-state index is 0.0846. The molecule has 1 aromatic carbocycles. The van der Waals surface area contributed by atoms with Crippen LogP contribution in [0, 0.1) is 0 Å². The summed E-state index contributed by atoms with van der Waals surface area (Å²) in [6, 6.07) is 7.00. The standard InChI is InChI=1S/C12H10BrClN2O/c13-9-3-8(5-15-7-9)6-16-10-1-2-12(17)11(14)4-10/h1-5,7,16-17H,6H2. The van der Waals surface area contributed by atoms with Gasteiger partial charge in [-0.2, -0.15) is 0 Å². The van der Waals surface area contributed by atoms with Crippen LogP contribution >= 0.6 is 27.5 Å². The Morgan fingerprint density at radius 3 is 2.82 bits per heavy atom. The van der Waals surface area contributed by atoms with Gasteiger partial charge in [-0.05, 0) is 45.8 Å². The number of nitrogens with one attached hydrogen (secondary N) is 1. The van der Waals surface area contributed by atoms with Crippen LogP contribution in [0.5, 0.6) is 5.75 Å². The van der Waals surface area contributed by atoms with E-state index in [0.29, 0.717) is 11.6 Å². The normalized spacial score (nSPS) is 10.2. The number of nitrogens with zero attached hydrogens (tertiary/aromatic N) is 1. The van der Waals surface area contributed by atoms with Crippen LogP contribution in [0.15, 0.2) is 41.1 Å². The number of hydrogen-bond donors (Lipinski definition) is 2. The summed E-state index contributed by atoms with van der Waals surface area (Å²) in [6.07, 6.45) is 3.53. The van der Waals surface area contributed by atoms with Crippen molar-refractivity contribution in [2.24, 2.45) is 0 Å². The van der Waals surface area contributed by atoms with Gasteiger partial charge < -0.3 is 10.4 Å². The minimum atomic E-state index is 0.0846. The Labute approximate surface area is 113 Å². The fraction of sp³-hybridized carbons (Fsp3) is 0.0833. The second-order valence-electron chi connectivity index (χ2n) is 3.53. The summed E-state index contributed by atoms with van der Waals surface area (Å²) in [7, 11) is 0. The predicted octanol–water partition coefficient (Wildman–Crippen LogP) is 3.82. The Bertz CT molecular complexity index is 534.